The highest BCUT2D eigenvalue weighted by Crippen LogP contribution is 2.28. The molecule has 0 bridgehead atoms. The molecule has 4 aromatic rings. The topological polar surface area (TPSA) is 30.9 Å². The van der Waals surface area contributed by atoms with E-state index in [1.807, 2.05) is 0 Å². The molecule has 4 rings (SSSR count). The molecule has 0 radical (unpaired) electrons. The van der Waals surface area contributed by atoms with Gasteiger partial charge in [0.05, 0.1) is 0 Å². The van der Waals surface area contributed by atoms with Crippen LogP contribution in [-0.4, -0.2) is 11.1 Å². The number of aryl methyl sites for hydroxylation is 3. The van der Waals surface area contributed by atoms with Gasteiger partial charge in [-0.1, -0.05) is 78.9 Å². The van der Waals surface area contributed by atoms with E-state index in [-0.39, 0.29) is 0 Å². The zero-order chi connectivity index (χ0) is 20.6. The second-order valence-corrected chi connectivity index (χ2v) is 8.06. The third-order valence-electron chi connectivity index (χ3n) is 6.00. The Morgan fingerprint density at radius 2 is 1.20 bits per heavy atom. The number of hydrogen-bond acceptors (Lipinski definition) is 1. The van der Waals surface area contributed by atoms with E-state index in [0.29, 0.717) is 6.54 Å². The maximum absolute atomic E-state index is 6.02. The van der Waals surface area contributed by atoms with Crippen LogP contribution < -0.4 is 5.73 Å². The molecule has 0 atom stereocenters. The first-order valence-corrected chi connectivity index (χ1v) is 11.2. The van der Waals surface area contributed by atoms with Crippen LogP contribution in [-0.2, 0) is 32.2 Å². The number of aromatic nitrogens is 1. The van der Waals surface area contributed by atoms with E-state index < -0.39 is 0 Å². The molecule has 30 heavy (non-hydrogen) atoms. The van der Waals surface area contributed by atoms with Crippen LogP contribution in [0.4, 0.5) is 0 Å². The predicted molar refractivity (Wildman–Crippen MR) is 128 cm³/mol. The second kappa shape index (κ2) is 10.3. The summed E-state index contributed by atoms with van der Waals surface area (Å²) in [6.07, 6.45) is 6.60. The highest BCUT2D eigenvalue weighted by molar-refractivity contribution is 5.85. The molecule has 0 aliphatic carbocycles. The molecule has 0 aliphatic rings. The molecule has 0 spiro atoms. The van der Waals surface area contributed by atoms with Crippen molar-refractivity contribution in [1.29, 1.82) is 0 Å². The average molecular weight is 397 g/mol. The molecule has 0 amide bonds. The van der Waals surface area contributed by atoms with Gasteiger partial charge in [0.25, 0.3) is 0 Å². The first kappa shape index (κ1) is 20.4. The van der Waals surface area contributed by atoms with Crippen molar-refractivity contribution in [3.05, 3.63) is 107 Å². The summed E-state index contributed by atoms with van der Waals surface area (Å²) >= 11 is 0. The van der Waals surface area contributed by atoms with E-state index in [9.17, 15) is 0 Å². The molecule has 0 unspecified atom stereocenters. The second-order valence-electron chi connectivity index (χ2n) is 8.06. The minimum atomic E-state index is 0.698. The smallest absolute Gasteiger partial charge is 0.0485 e. The summed E-state index contributed by atoms with van der Waals surface area (Å²) in [7, 11) is 0. The number of hydrogen-bond donors (Lipinski definition) is 1. The van der Waals surface area contributed by atoms with Gasteiger partial charge in [-0.25, -0.2) is 0 Å². The van der Waals surface area contributed by atoms with Gasteiger partial charge in [-0.3, -0.25) is 0 Å². The van der Waals surface area contributed by atoms with Crippen LogP contribution in [0, 0.1) is 0 Å². The average Bonchev–Trinajstić information content (AvgIpc) is 3.08. The molecule has 2 N–H and O–H groups in total. The fraction of sp³-hybridized carbons (Fsp3) is 0.286. The van der Waals surface area contributed by atoms with Crippen molar-refractivity contribution in [3.63, 3.8) is 0 Å². The summed E-state index contributed by atoms with van der Waals surface area (Å²) < 4.78 is 2.58. The summed E-state index contributed by atoms with van der Waals surface area (Å²) in [5.74, 6) is 0. The lowest BCUT2D eigenvalue weighted by Gasteiger charge is -2.13. The minimum absolute atomic E-state index is 0.698. The van der Waals surface area contributed by atoms with E-state index in [4.69, 9.17) is 5.73 Å². The number of para-hydroxylation sites is 1. The highest BCUT2D eigenvalue weighted by atomic mass is 15.0. The Morgan fingerprint density at radius 3 is 1.87 bits per heavy atom. The SMILES string of the molecule is NCCc1c(CCCc2ccccc2)n(CCCc2ccccc2)c2ccccc12. The first-order chi connectivity index (χ1) is 14.9. The van der Waals surface area contributed by atoms with Gasteiger partial charge in [0.2, 0.25) is 0 Å². The third kappa shape index (κ3) is 4.83. The van der Waals surface area contributed by atoms with Gasteiger partial charge >= 0.3 is 0 Å². The number of rotatable bonds is 10. The number of nitrogens with two attached hydrogens (primary N) is 1. The molecule has 2 heteroatoms. The van der Waals surface area contributed by atoms with Crippen molar-refractivity contribution in [2.24, 2.45) is 5.73 Å². The van der Waals surface area contributed by atoms with E-state index >= 15 is 0 Å². The van der Waals surface area contributed by atoms with Crippen molar-refractivity contribution in [1.82, 2.24) is 4.57 Å². The molecule has 3 aromatic carbocycles. The molecule has 154 valence electrons. The largest absolute Gasteiger partial charge is 0.344 e. The van der Waals surface area contributed by atoms with Gasteiger partial charge in [-0.05, 0) is 67.8 Å². The Kier molecular flexibility index (Phi) is 6.99. The van der Waals surface area contributed by atoms with Crippen LogP contribution in [0.2, 0.25) is 0 Å². The summed E-state index contributed by atoms with van der Waals surface area (Å²) in [6.45, 7) is 1.75. The molecular formula is C28H32N2. The third-order valence-corrected chi connectivity index (χ3v) is 6.00. The van der Waals surface area contributed by atoms with Gasteiger partial charge in [-0.2, -0.15) is 0 Å². The zero-order valence-electron chi connectivity index (χ0n) is 17.8. The lowest BCUT2D eigenvalue weighted by molar-refractivity contribution is 0.620. The molecule has 0 saturated heterocycles. The molecular weight excluding hydrogens is 364 g/mol. The summed E-state index contributed by atoms with van der Waals surface area (Å²) in [5.41, 5.74) is 13.2. The number of benzene rings is 3. The molecule has 1 heterocycles. The van der Waals surface area contributed by atoms with Crippen LogP contribution in [0.25, 0.3) is 10.9 Å². The van der Waals surface area contributed by atoms with E-state index in [1.54, 1.807) is 0 Å². The van der Waals surface area contributed by atoms with Crippen molar-refractivity contribution in [3.8, 4) is 0 Å². The normalized spacial score (nSPS) is 11.2. The standard InChI is InChI=1S/C28H32N2/c29-21-20-26-25-17-7-8-18-27(25)30(22-10-16-24-13-5-2-6-14-24)28(26)19-9-15-23-11-3-1-4-12-23/h1-8,11-14,17-18H,9-10,15-16,19-22,29H2. The van der Waals surface area contributed by atoms with Crippen molar-refractivity contribution >= 4 is 10.9 Å². The summed E-state index contributed by atoms with van der Waals surface area (Å²) in [5, 5.41) is 1.39. The molecule has 0 fully saturated rings. The molecule has 2 nitrogen and oxygen atoms in total. The monoisotopic (exact) mass is 396 g/mol. The van der Waals surface area contributed by atoms with Gasteiger partial charge in [0.15, 0.2) is 0 Å². The van der Waals surface area contributed by atoms with Gasteiger partial charge in [0.1, 0.15) is 0 Å². The minimum Gasteiger partial charge on any atom is -0.344 e. The number of nitrogens with zero attached hydrogens (tertiary/aromatic N) is 1. The number of fused-ring (bicyclic) bond motifs is 1. The van der Waals surface area contributed by atoms with Gasteiger partial charge in [0, 0.05) is 23.1 Å². The summed E-state index contributed by atoms with van der Waals surface area (Å²) in [4.78, 5) is 0. The Labute approximate surface area is 180 Å². The van der Waals surface area contributed by atoms with E-state index in [2.05, 4.69) is 89.5 Å². The Bertz CT molecular complexity index is 1050. The van der Waals surface area contributed by atoms with Gasteiger partial charge < -0.3 is 10.3 Å². The predicted octanol–water partition coefficient (Wildman–Crippen LogP) is 5.95. The van der Waals surface area contributed by atoms with Gasteiger partial charge in [-0.15, -0.1) is 0 Å². The van der Waals surface area contributed by atoms with Crippen LogP contribution in [0.15, 0.2) is 84.9 Å². The highest BCUT2D eigenvalue weighted by Gasteiger charge is 2.16. The first-order valence-electron chi connectivity index (χ1n) is 11.2. The van der Waals surface area contributed by atoms with Crippen LogP contribution in [0.1, 0.15) is 35.2 Å². The summed E-state index contributed by atoms with van der Waals surface area (Å²) in [6, 6.07) is 30.5. The fourth-order valence-electron chi connectivity index (χ4n) is 4.58. The maximum atomic E-state index is 6.02. The Hall–Kier alpha value is -2.84. The van der Waals surface area contributed by atoms with E-state index in [0.717, 1.165) is 45.1 Å². The quantitative estimate of drug-likeness (QED) is 0.353. The molecule has 0 saturated carbocycles. The van der Waals surface area contributed by atoms with E-state index in [1.165, 1.54) is 33.3 Å². The van der Waals surface area contributed by atoms with Crippen LogP contribution >= 0.6 is 0 Å². The Morgan fingerprint density at radius 1 is 0.600 bits per heavy atom. The van der Waals surface area contributed by atoms with Crippen molar-refractivity contribution in [2.75, 3.05) is 6.54 Å². The Balaban J connectivity index is 1.56. The fourth-order valence-corrected chi connectivity index (χ4v) is 4.58. The lowest BCUT2D eigenvalue weighted by Crippen LogP contribution is -2.09. The van der Waals surface area contributed by atoms with Crippen LogP contribution in [0.5, 0.6) is 0 Å². The maximum Gasteiger partial charge on any atom is 0.0485 e. The molecule has 0 aliphatic heterocycles. The zero-order valence-corrected chi connectivity index (χ0v) is 17.8. The molecule has 1 aromatic heterocycles. The van der Waals surface area contributed by atoms with Crippen molar-refractivity contribution < 1.29 is 0 Å². The van der Waals surface area contributed by atoms with Crippen LogP contribution in [0.3, 0.4) is 0 Å². The lowest BCUT2D eigenvalue weighted by atomic mass is 10.0. The van der Waals surface area contributed by atoms with Crippen molar-refractivity contribution in [2.45, 2.75) is 45.1 Å².